The van der Waals surface area contributed by atoms with Crippen LogP contribution in [-0.2, 0) is 9.59 Å². The van der Waals surface area contributed by atoms with Crippen LogP contribution in [0.2, 0.25) is 0 Å². The molecule has 2 amide bonds. The van der Waals surface area contributed by atoms with Crippen molar-refractivity contribution in [2.45, 2.75) is 13.8 Å². The number of nitrogens with one attached hydrogen (secondary N) is 2. The third-order valence-electron chi connectivity index (χ3n) is 2.99. The fourth-order valence-electron chi connectivity index (χ4n) is 1.90. The Balaban J connectivity index is 1.75. The number of hydrogen-bond acceptors (Lipinski definition) is 5. The molecular weight excluding hydrogens is 324 g/mol. The maximum absolute atomic E-state index is 11.7. The molecule has 0 aliphatic rings. The van der Waals surface area contributed by atoms with Gasteiger partial charge < -0.3 is 13.9 Å². The van der Waals surface area contributed by atoms with Gasteiger partial charge in [0, 0.05) is 6.08 Å². The van der Waals surface area contributed by atoms with Crippen molar-refractivity contribution in [3.8, 4) is 11.5 Å². The van der Waals surface area contributed by atoms with Crippen LogP contribution < -0.4 is 20.3 Å². The van der Waals surface area contributed by atoms with Gasteiger partial charge in [-0.05, 0) is 44.2 Å². The third kappa shape index (κ3) is 6.06. The molecule has 0 saturated heterocycles. The van der Waals surface area contributed by atoms with E-state index in [9.17, 15) is 9.59 Å². The lowest BCUT2D eigenvalue weighted by molar-refractivity contribution is -0.128. The molecule has 7 nitrogen and oxygen atoms in total. The van der Waals surface area contributed by atoms with Gasteiger partial charge in [0.05, 0.1) is 6.61 Å². The zero-order valence-electron chi connectivity index (χ0n) is 14.1. The number of ether oxygens (including phenoxy) is 2. The topological polar surface area (TPSA) is 89.8 Å². The molecule has 0 fully saturated rings. The Kier molecular flexibility index (Phi) is 6.65. The molecule has 0 aliphatic carbocycles. The number of hydrazine groups is 1. The first-order valence-electron chi connectivity index (χ1n) is 7.76. The maximum Gasteiger partial charge on any atom is 0.276 e. The van der Waals surface area contributed by atoms with E-state index in [-0.39, 0.29) is 6.61 Å². The van der Waals surface area contributed by atoms with Crippen molar-refractivity contribution in [3.05, 3.63) is 54.0 Å². The monoisotopic (exact) mass is 344 g/mol. The second-order valence-electron chi connectivity index (χ2n) is 4.99. The summed E-state index contributed by atoms with van der Waals surface area (Å²) in [5, 5.41) is 0. The predicted molar refractivity (Wildman–Crippen MR) is 91.9 cm³/mol. The van der Waals surface area contributed by atoms with Crippen LogP contribution in [0.5, 0.6) is 11.5 Å². The number of carbonyl (C=O) groups excluding carboxylic acids is 2. The van der Waals surface area contributed by atoms with Gasteiger partial charge in [-0.3, -0.25) is 20.4 Å². The number of hydrogen-bond donors (Lipinski definition) is 2. The summed E-state index contributed by atoms with van der Waals surface area (Å²) in [7, 11) is 0. The van der Waals surface area contributed by atoms with E-state index in [4.69, 9.17) is 13.9 Å². The van der Waals surface area contributed by atoms with E-state index in [1.807, 2.05) is 13.0 Å². The first-order chi connectivity index (χ1) is 12.1. The number of amides is 2. The molecule has 0 aliphatic heterocycles. The van der Waals surface area contributed by atoms with E-state index in [1.165, 1.54) is 12.2 Å². The minimum atomic E-state index is -0.498. The van der Waals surface area contributed by atoms with Crippen molar-refractivity contribution in [1.29, 1.82) is 0 Å². The smallest absolute Gasteiger partial charge is 0.276 e. The molecule has 1 heterocycles. The predicted octanol–water partition coefficient (Wildman–Crippen LogP) is 2.23. The molecule has 25 heavy (non-hydrogen) atoms. The summed E-state index contributed by atoms with van der Waals surface area (Å²) in [6, 6.07) is 10.6. The van der Waals surface area contributed by atoms with Crippen LogP contribution in [0.1, 0.15) is 18.4 Å². The van der Waals surface area contributed by atoms with Crippen molar-refractivity contribution in [2.24, 2.45) is 0 Å². The summed E-state index contributed by atoms with van der Waals surface area (Å²) >= 11 is 0. The number of aryl methyl sites for hydroxylation is 1. The van der Waals surface area contributed by atoms with Gasteiger partial charge in [0.1, 0.15) is 11.5 Å². The van der Waals surface area contributed by atoms with Gasteiger partial charge in [0.15, 0.2) is 18.1 Å². The first kappa shape index (κ1) is 18.1. The van der Waals surface area contributed by atoms with E-state index in [2.05, 4.69) is 10.9 Å². The molecule has 0 bridgehead atoms. The van der Waals surface area contributed by atoms with Gasteiger partial charge in [0.25, 0.3) is 11.8 Å². The van der Waals surface area contributed by atoms with Gasteiger partial charge in [-0.15, -0.1) is 0 Å². The summed E-state index contributed by atoms with van der Waals surface area (Å²) in [6.07, 6.45) is 2.76. The average Bonchev–Trinajstić information content (AvgIpc) is 3.03. The van der Waals surface area contributed by atoms with Gasteiger partial charge in [-0.2, -0.15) is 0 Å². The standard InChI is InChI=1S/C18H20N2O5/c1-3-23-15-6-4-5-7-16(15)24-12-18(22)20-19-17(21)11-10-14-9-8-13(2)25-14/h4-11H,3,12H2,1-2H3,(H,19,21)(H,20,22)/b11-10+. The number of furan rings is 1. The molecule has 0 unspecified atom stereocenters. The lowest BCUT2D eigenvalue weighted by atomic mass is 10.3. The van der Waals surface area contributed by atoms with Gasteiger partial charge >= 0.3 is 0 Å². The molecule has 132 valence electrons. The van der Waals surface area contributed by atoms with Crippen LogP contribution in [0.25, 0.3) is 6.08 Å². The van der Waals surface area contributed by atoms with Crippen molar-refractivity contribution in [3.63, 3.8) is 0 Å². The zero-order chi connectivity index (χ0) is 18.1. The van der Waals surface area contributed by atoms with Crippen molar-refractivity contribution in [1.82, 2.24) is 10.9 Å². The van der Waals surface area contributed by atoms with E-state index in [0.717, 1.165) is 5.76 Å². The Labute approximate surface area is 145 Å². The summed E-state index contributed by atoms with van der Waals surface area (Å²) in [6.45, 7) is 3.90. The number of para-hydroxylation sites is 2. The highest BCUT2D eigenvalue weighted by Crippen LogP contribution is 2.26. The van der Waals surface area contributed by atoms with Crippen molar-refractivity contribution >= 4 is 17.9 Å². The molecule has 2 aromatic rings. The van der Waals surface area contributed by atoms with Gasteiger partial charge in [-0.1, -0.05) is 12.1 Å². The highest BCUT2D eigenvalue weighted by molar-refractivity contribution is 5.92. The van der Waals surface area contributed by atoms with Crippen LogP contribution in [0, 0.1) is 6.92 Å². The maximum atomic E-state index is 11.7. The number of rotatable bonds is 7. The van der Waals surface area contributed by atoms with Gasteiger partial charge in [0.2, 0.25) is 0 Å². The van der Waals surface area contributed by atoms with E-state index in [1.54, 1.807) is 37.3 Å². The molecule has 7 heteroatoms. The highest BCUT2D eigenvalue weighted by Gasteiger charge is 2.07. The van der Waals surface area contributed by atoms with E-state index < -0.39 is 11.8 Å². The number of benzene rings is 1. The van der Waals surface area contributed by atoms with Crippen LogP contribution in [-0.4, -0.2) is 25.0 Å². The molecule has 1 aromatic heterocycles. The molecule has 1 aromatic carbocycles. The largest absolute Gasteiger partial charge is 0.490 e. The molecular formula is C18H20N2O5. The molecule has 0 radical (unpaired) electrons. The molecule has 0 spiro atoms. The normalized spacial score (nSPS) is 10.5. The van der Waals surface area contributed by atoms with E-state index in [0.29, 0.717) is 23.9 Å². The second-order valence-corrected chi connectivity index (χ2v) is 4.99. The molecule has 2 rings (SSSR count). The first-order valence-corrected chi connectivity index (χ1v) is 7.76. The highest BCUT2D eigenvalue weighted by atomic mass is 16.5. The molecule has 0 atom stereocenters. The average molecular weight is 344 g/mol. The lowest BCUT2D eigenvalue weighted by Gasteiger charge is -2.11. The summed E-state index contributed by atoms with van der Waals surface area (Å²) in [5.74, 6) is 1.32. The number of carbonyl (C=O) groups is 2. The Hall–Kier alpha value is -3.22. The van der Waals surface area contributed by atoms with Crippen molar-refractivity contribution in [2.75, 3.05) is 13.2 Å². The lowest BCUT2D eigenvalue weighted by Crippen LogP contribution is -2.43. The SMILES string of the molecule is CCOc1ccccc1OCC(=O)NNC(=O)/C=C/c1ccc(C)o1. The Morgan fingerprint density at radius 2 is 1.80 bits per heavy atom. The van der Waals surface area contributed by atoms with Crippen LogP contribution >= 0.6 is 0 Å². The van der Waals surface area contributed by atoms with Crippen LogP contribution in [0.15, 0.2) is 46.9 Å². The fourth-order valence-corrected chi connectivity index (χ4v) is 1.90. The summed E-state index contributed by atoms with van der Waals surface area (Å²) < 4.78 is 16.1. The molecule has 0 saturated carbocycles. The quantitative estimate of drug-likeness (QED) is 0.594. The van der Waals surface area contributed by atoms with Crippen LogP contribution in [0.3, 0.4) is 0 Å². The fraction of sp³-hybridized carbons (Fsp3) is 0.222. The minimum Gasteiger partial charge on any atom is -0.490 e. The third-order valence-corrected chi connectivity index (χ3v) is 2.99. The summed E-state index contributed by atoms with van der Waals surface area (Å²) in [5.41, 5.74) is 4.52. The Morgan fingerprint density at radius 3 is 2.44 bits per heavy atom. The zero-order valence-corrected chi connectivity index (χ0v) is 14.1. The minimum absolute atomic E-state index is 0.258. The molecule has 2 N–H and O–H groups in total. The van der Waals surface area contributed by atoms with Crippen molar-refractivity contribution < 1.29 is 23.5 Å². The Bertz CT molecular complexity index is 751. The van der Waals surface area contributed by atoms with E-state index >= 15 is 0 Å². The van der Waals surface area contributed by atoms with Crippen LogP contribution in [0.4, 0.5) is 0 Å². The summed E-state index contributed by atoms with van der Waals surface area (Å²) in [4.78, 5) is 23.4. The second kappa shape index (κ2) is 9.17. The Morgan fingerprint density at radius 1 is 1.08 bits per heavy atom. The van der Waals surface area contributed by atoms with Gasteiger partial charge in [-0.25, -0.2) is 0 Å².